The Morgan fingerprint density at radius 1 is 1.37 bits per heavy atom. The molecule has 2 heterocycles. The maximum Gasteiger partial charge on any atom is 0.114 e. The maximum atomic E-state index is 4.72. The van der Waals surface area contributed by atoms with Gasteiger partial charge in [0.2, 0.25) is 0 Å². The number of nitrogens with one attached hydrogen (secondary N) is 1. The number of aromatic nitrogens is 3. The molecule has 2 rings (SSSR count). The van der Waals surface area contributed by atoms with Gasteiger partial charge in [0.15, 0.2) is 0 Å². The summed E-state index contributed by atoms with van der Waals surface area (Å²) in [5.41, 5.74) is 2.48. The first-order valence-electron chi connectivity index (χ1n) is 6.67. The van der Waals surface area contributed by atoms with E-state index < -0.39 is 0 Å². The van der Waals surface area contributed by atoms with Crippen LogP contribution in [0.1, 0.15) is 44.1 Å². The smallest absolute Gasteiger partial charge is 0.114 e. The lowest BCUT2D eigenvalue weighted by Gasteiger charge is -2.14. The van der Waals surface area contributed by atoms with Crippen LogP contribution in [0, 0.1) is 0 Å². The van der Waals surface area contributed by atoms with Crippen molar-refractivity contribution in [3.8, 4) is 0 Å². The van der Waals surface area contributed by atoms with Gasteiger partial charge in [0.1, 0.15) is 5.01 Å². The van der Waals surface area contributed by atoms with Gasteiger partial charge in [0.05, 0.1) is 17.9 Å². The summed E-state index contributed by atoms with van der Waals surface area (Å²) in [5, 5.41) is 11.0. The predicted molar refractivity (Wildman–Crippen MR) is 79.5 cm³/mol. The van der Waals surface area contributed by atoms with E-state index >= 15 is 0 Å². The van der Waals surface area contributed by atoms with Crippen LogP contribution in [0.3, 0.4) is 0 Å². The summed E-state index contributed by atoms with van der Waals surface area (Å²) in [6.07, 6.45) is 1.85. The topological polar surface area (TPSA) is 42.7 Å². The van der Waals surface area contributed by atoms with Crippen LogP contribution < -0.4 is 5.32 Å². The van der Waals surface area contributed by atoms with Crippen LogP contribution >= 0.6 is 11.3 Å². The van der Waals surface area contributed by atoms with Crippen molar-refractivity contribution in [3.05, 3.63) is 34.0 Å². The van der Waals surface area contributed by atoms with Crippen molar-refractivity contribution in [1.82, 2.24) is 20.1 Å². The molecule has 0 aromatic carbocycles. The van der Waals surface area contributed by atoms with Gasteiger partial charge in [-0.3, -0.25) is 4.68 Å². The average Bonchev–Trinajstić information content (AvgIpc) is 2.95. The Bertz CT molecular complexity index is 522. The first-order chi connectivity index (χ1) is 9.00. The van der Waals surface area contributed by atoms with Crippen molar-refractivity contribution in [2.75, 3.05) is 6.54 Å². The highest BCUT2D eigenvalue weighted by Crippen LogP contribution is 2.24. The summed E-state index contributed by atoms with van der Waals surface area (Å²) in [6, 6.07) is 2.06. The minimum atomic E-state index is 0.117. The molecule has 0 saturated carbocycles. The van der Waals surface area contributed by atoms with E-state index in [1.807, 2.05) is 10.9 Å². The zero-order valence-corrected chi connectivity index (χ0v) is 12.9. The van der Waals surface area contributed by atoms with Crippen molar-refractivity contribution in [3.63, 3.8) is 0 Å². The van der Waals surface area contributed by atoms with Crippen LogP contribution in [0.4, 0.5) is 0 Å². The highest BCUT2D eigenvalue weighted by Gasteiger charge is 2.17. The molecule has 0 aliphatic carbocycles. The number of thiazole rings is 1. The molecular formula is C14H22N4S. The molecule has 2 aromatic rings. The lowest BCUT2D eigenvalue weighted by Crippen LogP contribution is -2.16. The van der Waals surface area contributed by atoms with E-state index in [1.165, 1.54) is 5.69 Å². The second-order valence-electron chi connectivity index (χ2n) is 5.64. The Hall–Kier alpha value is -1.20. The zero-order valence-electron chi connectivity index (χ0n) is 12.1. The van der Waals surface area contributed by atoms with Crippen molar-refractivity contribution in [2.45, 2.75) is 46.2 Å². The lowest BCUT2D eigenvalue weighted by molar-refractivity contribution is 0.564. The number of hydrogen-bond acceptors (Lipinski definition) is 4. The molecule has 19 heavy (non-hydrogen) atoms. The largest absolute Gasteiger partial charge is 0.311 e. The van der Waals surface area contributed by atoms with Crippen molar-refractivity contribution >= 4 is 11.3 Å². The quantitative estimate of drug-likeness (QED) is 0.914. The van der Waals surface area contributed by atoms with Crippen LogP contribution in [0.5, 0.6) is 0 Å². The van der Waals surface area contributed by atoms with Crippen LogP contribution in [0.25, 0.3) is 0 Å². The third-order valence-electron chi connectivity index (χ3n) is 2.97. The van der Waals surface area contributed by atoms with Gasteiger partial charge in [-0.15, -0.1) is 11.3 Å². The average molecular weight is 278 g/mol. The fourth-order valence-corrected chi connectivity index (χ4v) is 2.76. The molecule has 0 saturated heterocycles. The molecule has 0 radical (unpaired) electrons. The lowest BCUT2D eigenvalue weighted by atomic mass is 9.93. The zero-order chi connectivity index (χ0) is 13.9. The van der Waals surface area contributed by atoms with E-state index in [4.69, 9.17) is 4.98 Å². The molecule has 0 aliphatic rings. The summed E-state index contributed by atoms with van der Waals surface area (Å²) in [5.74, 6) is 0. The van der Waals surface area contributed by atoms with E-state index in [2.05, 4.69) is 49.6 Å². The maximum absolute atomic E-state index is 4.72. The molecule has 1 N–H and O–H groups in total. The first-order valence-corrected chi connectivity index (χ1v) is 7.55. The summed E-state index contributed by atoms with van der Waals surface area (Å²) in [4.78, 5) is 4.72. The molecule has 0 bridgehead atoms. The highest BCUT2D eigenvalue weighted by molar-refractivity contribution is 7.09. The van der Waals surface area contributed by atoms with Gasteiger partial charge in [-0.2, -0.15) is 5.10 Å². The minimum Gasteiger partial charge on any atom is -0.311 e. The molecular weight excluding hydrogens is 256 g/mol. The second-order valence-corrected chi connectivity index (χ2v) is 6.58. The van der Waals surface area contributed by atoms with Gasteiger partial charge in [-0.25, -0.2) is 4.98 Å². The monoisotopic (exact) mass is 278 g/mol. The van der Waals surface area contributed by atoms with Crippen molar-refractivity contribution in [2.24, 2.45) is 0 Å². The first kappa shape index (κ1) is 14.2. The fourth-order valence-electron chi connectivity index (χ4n) is 1.76. The SMILES string of the molecule is CCNCc1ccnn1Cc1nc(C(C)(C)C)cs1. The fraction of sp³-hybridized carbons (Fsp3) is 0.571. The van der Waals surface area contributed by atoms with Crippen LogP contribution in [-0.4, -0.2) is 21.3 Å². The summed E-state index contributed by atoms with van der Waals surface area (Å²) >= 11 is 1.71. The Kier molecular flexibility index (Phi) is 4.37. The van der Waals surface area contributed by atoms with Gasteiger partial charge >= 0.3 is 0 Å². The number of rotatable bonds is 5. The molecule has 4 nitrogen and oxygen atoms in total. The highest BCUT2D eigenvalue weighted by atomic mass is 32.1. The van der Waals surface area contributed by atoms with E-state index in [0.29, 0.717) is 0 Å². The number of nitrogens with zero attached hydrogens (tertiary/aromatic N) is 3. The third kappa shape index (κ3) is 3.64. The van der Waals surface area contributed by atoms with Crippen LogP contribution in [0.15, 0.2) is 17.6 Å². The van der Waals surface area contributed by atoms with Crippen LogP contribution in [0.2, 0.25) is 0 Å². The molecule has 0 aliphatic heterocycles. The summed E-state index contributed by atoms with van der Waals surface area (Å²) in [7, 11) is 0. The number of hydrogen-bond donors (Lipinski definition) is 1. The van der Waals surface area contributed by atoms with E-state index in [-0.39, 0.29) is 5.41 Å². The van der Waals surface area contributed by atoms with Gasteiger partial charge < -0.3 is 5.32 Å². The molecule has 0 atom stereocenters. The standard InChI is InChI=1S/C14H22N4S/c1-5-15-8-11-6-7-16-18(11)9-13-17-12(10-19-13)14(2,3)4/h6-7,10,15H,5,8-9H2,1-4H3. The Morgan fingerprint density at radius 2 is 2.16 bits per heavy atom. The molecule has 0 unspecified atom stereocenters. The molecule has 5 heteroatoms. The molecule has 2 aromatic heterocycles. The van der Waals surface area contributed by atoms with Crippen molar-refractivity contribution < 1.29 is 0 Å². The minimum absolute atomic E-state index is 0.117. The van der Waals surface area contributed by atoms with Gasteiger partial charge in [-0.05, 0) is 12.6 Å². The molecule has 0 amide bonds. The second kappa shape index (κ2) is 5.84. The summed E-state index contributed by atoms with van der Waals surface area (Å²) in [6.45, 7) is 11.3. The van der Waals surface area contributed by atoms with Gasteiger partial charge in [0.25, 0.3) is 0 Å². The van der Waals surface area contributed by atoms with Gasteiger partial charge in [-0.1, -0.05) is 27.7 Å². The molecule has 0 fully saturated rings. The Labute approximate surface area is 118 Å². The Morgan fingerprint density at radius 3 is 2.79 bits per heavy atom. The van der Waals surface area contributed by atoms with Gasteiger partial charge in [0, 0.05) is 23.5 Å². The molecule has 104 valence electrons. The Balaban J connectivity index is 2.09. The van der Waals surface area contributed by atoms with E-state index in [0.717, 1.165) is 30.3 Å². The predicted octanol–water partition coefficient (Wildman–Crippen LogP) is 2.79. The third-order valence-corrected chi connectivity index (χ3v) is 3.80. The van der Waals surface area contributed by atoms with Crippen molar-refractivity contribution in [1.29, 1.82) is 0 Å². The van der Waals surface area contributed by atoms with E-state index in [9.17, 15) is 0 Å². The normalized spacial score (nSPS) is 12.0. The molecule has 0 spiro atoms. The van der Waals surface area contributed by atoms with E-state index in [1.54, 1.807) is 11.3 Å². The summed E-state index contributed by atoms with van der Waals surface area (Å²) < 4.78 is 2.02. The van der Waals surface area contributed by atoms with Crippen LogP contribution in [-0.2, 0) is 18.5 Å².